The lowest BCUT2D eigenvalue weighted by Crippen LogP contribution is -2.29. The van der Waals surface area contributed by atoms with E-state index in [2.05, 4.69) is 15.6 Å². The maximum Gasteiger partial charge on any atom is 0.319 e. The average molecular weight is 354 g/mol. The van der Waals surface area contributed by atoms with Crippen LogP contribution in [-0.2, 0) is 6.54 Å². The summed E-state index contributed by atoms with van der Waals surface area (Å²) in [5.74, 6) is 1.70. The van der Waals surface area contributed by atoms with Crippen LogP contribution in [0.25, 0.3) is 0 Å². The molecule has 0 radical (unpaired) electrons. The minimum atomic E-state index is -0.247. The molecular weight excluding hydrogens is 328 g/mol. The lowest BCUT2D eigenvalue weighted by atomic mass is 10.2. The molecule has 6 heteroatoms. The number of hydrogen-bond acceptors (Lipinski definition) is 4. The first-order chi connectivity index (χ1) is 12.6. The van der Waals surface area contributed by atoms with E-state index in [1.165, 1.54) is 12.8 Å². The number of anilines is 2. The SMILES string of the molecule is CN(C)c1ncccc1CNC(=O)Nc1ccc(OC2CCCC2)cc1. The van der Waals surface area contributed by atoms with Crippen molar-refractivity contribution < 1.29 is 9.53 Å². The van der Waals surface area contributed by atoms with Crippen LogP contribution in [0.5, 0.6) is 5.75 Å². The van der Waals surface area contributed by atoms with E-state index in [1.807, 2.05) is 55.4 Å². The van der Waals surface area contributed by atoms with Crippen LogP contribution in [-0.4, -0.2) is 31.2 Å². The first-order valence-corrected chi connectivity index (χ1v) is 9.04. The Labute approximate surface area is 154 Å². The maximum absolute atomic E-state index is 12.1. The number of rotatable bonds is 6. The fourth-order valence-electron chi connectivity index (χ4n) is 3.14. The zero-order valence-electron chi connectivity index (χ0n) is 15.4. The molecule has 138 valence electrons. The van der Waals surface area contributed by atoms with E-state index in [0.29, 0.717) is 12.6 Å². The van der Waals surface area contributed by atoms with Gasteiger partial charge in [0.1, 0.15) is 11.6 Å². The van der Waals surface area contributed by atoms with Gasteiger partial charge in [-0.05, 0) is 56.0 Å². The molecule has 1 saturated carbocycles. The third-order valence-corrected chi connectivity index (χ3v) is 4.45. The minimum absolute atomic E-state index is 0.247. The molecule has 3 rings (SSSR count). The number of nitrogens with one attached hydrogen (secondary N) is 2. The number of carbonyl (C=O) groups is 1. The summed E-state index contributed by atoms with van der Waals surface area (Å²) in [7, 11) is 3.86. The second-order valence-corrected chi connectivity index (χ2v) is 6.74. The van der Waals surface area contributed by atoms with Gasteiger partial charge in [0.25, 0.3) is 0 Å². The smallest absolute Gasteiger partial charge is 0.319 e. The van der Waals surface area contributed by atoms with E-state index in [4.69, 9.17) is 4.74 Å². The second kappa shape index (κ2) is 8.56. The van der Waals surface area contributed by atoms with Gasteiger partial charge in [-0.1, -0.05) is 6.07 Å². The van der Waals surface area contributed by atoms with Crippen molar-refractivity contribution in [1.29, 1.82) is 0 Å². The number of aromatic nitrogens is 1. The fraction of sp³-hybridized carbons (Fsp3) is 0.400. The Morgan fingerprint density at radius 3 is 2.62 bits per heavy atom. The molecule has 2 aromatic rings. The van der Waals surface area contributed by atoms with Crippen molar-refractivity contribution >= 4 is 17.5 Å². The molecule has 1 aliphatic carbocycles. The molecule has 2 N–H and O–H groups in total. The van der Waals surface area contributed by atoms with Gasteiger partial charge in [-0.15, -0.1) is 0 Å². The number of hydrogen-bond donors (Lipinski definition) is 2. The van der Waals surface area contributed by atoms with E-state index in [0.717, 1.165) is 35.7 Å². The lowest BCUT2D eigenvalue weighted by Gasteiger charge is -2.16. The van der Waals surface area contributed by atoms with Crippen LogP contribution in [0.1, 0.15) is 31.2 Å². The number of benzene rings is 1. The van der Waals surface area contributed by atoms with Crippen LogP contribution in [0.4, 0.5) is 16.3 Å². The van der Waals surface area contributed by atoms with Gasteiger partial charge >= 0.3 is 6.03 Å². The van der Waals surface area contributed by atoms with Gasteiger partial charge in [-0.2, -0.15) is 0 Å². The molecule has 0 atom stereocenters. The van der Waals surface area contributed by atoms with Crippen molar-refractivity contribution in [2.75, 3.05) is 24.3 Å². The van der Waals surface area contributed by atoms with E-state index in [-0.39, 0.29) is 6.03 Å². The highest BCUT2D eigenvalue weighted by molar-refractivity contribution is 5.89. The summed E-state index contributed by atoms with van der Waals surface area (Å²) in [6.07, 6.45) is 6.84. The second-order valence-electron chi connectivity index (χ2n) is 6.74. The summed E-state index contributed by atoms with van der Waals surface area (Å²) in [6.45, 7) is 0.413. The van der Waals surface area contributed by atoms with Crippen molar-refractivity contribution in [3.05, 3.63) is 48.2 Å². The molecular formula is C20H26N4O2. The van der Waals surface area contributed by atoms with Crippen LogP contribution in [0.2, 0.25) is 0 Å². The Kier molecular flexibility index (Phi) is 5.94. The largest absolute Gasteiger partial charge is 0.490 e. The maximum atomic E-state index is 12.1. The van der Waals surface area contributed by atoms with Crippen LogP contribution in [0.3, 0.4) is 0 Å². The Morgan fingerprint density at radius 1 is 1.19 bits per heavy atom. The Balaban J connectivity index is 1.50. The van der Waals surface area contributed by atoms with Crippen molar-refractivity contribution in [2.45, 2.75) is 38.3 Å². The predicted molar refractivity (Wildman–Crippen MR) is 104 cm³/mol. The zero-order valence-corrected chi connectivity index (χ0v) is 15.4. The van der Waals surface area contributed by atoms with E-state index >= 15 is 0 Å². The van der Waals surface area contributed by atoms with Gasteiger partial charge in [0.2, 0.25) is 0 Å². The number of amides is 2. The summed E-state index contributed by atoms with van der Waals surface area (Å²) in [6, 6.07) is 11.1. The Hall–Kier alpha value is -2.76. The molecule has 0 aliphatic heterocycles. The first kappa shape index (κ1) is 18.0. The summed E-state index contributed by atoms with van der Waals surface area (Å²) < 4.78 is 5.94. The van der Waals surface area contributed by atoms with Gasteiger partial charge in [0.05, 0.1) is 6.10 Å². The van der Waals surface area contributed by atoms with E-state index in [1.54, 1.807) is 6.20 Å². The molecule has 0 spiro atoms. The Morgan fingerprint density at radius 2 is 1.92 bits per heavy atom. The van der Waals surface area contributed by atoms with Gasteiger partial charge < -0.3 is 20.3 Å². The molecule has 1 aromatic heterocycles. The zero-order chi connectivity index (χ0) is 18.4. The van der Waals surface area contributed by atoms with E-state index < -0.39 is 0 Å². The third-order valence-electron chi connectivity index (χ3n) is 4.45. The molecule has 0 bridgehead atoms. The molecule has 6 nitrogen and oxygen atoms in total. The highest BCUT2D eigenvalue weighted by Gasteiger charge is 2.16. The van der Waals surface area contributed by atoms with Crippen molar-refractivity contribution in [3.63, 3.8) is 0 Å². The van der Waals surface area contributed by atoms with Crippen molar-refractivity contribution in [2.24, 2.45) is 0 Å². The van der Waals surface area contributed by atoms with Gasteiger partial charge in [-0.25, -0.2) is 9.78 Å². The molecule has 1 fully saturated rings. The number of ether oxygens (including phenoxy) is 1. The monoisotopic (exact) mass is 354 g/mol. The quantitative estimate of drug-likeness (QED) is 0.828. The van der Waals surface area contributed by atoms with Crippen LogP contribution < -0.4 is 20.3 Å². The average Bonchev–Trinajstić information content (AvgIpc) is 3.15. The van der Waals surface area contributed by atoms with Crippen LogP contribution in [0, 0.1) is 0 Å². The normalized spacial score (nSPS) is 14.1. The predicted octanol–water partition coefficient (Wildman–Crippen LogP) is 3.79. The van der Waals surface area contributed by atoms with E-state index in [9.17, 15) is 4.79 Å². The molecule has 0 unspecified atom stereocenters. The van der Waals surface area contributed by atoms with Gasteiger partial charge in [0, 0.05) is 38.1 Å². The first-order valence-electron chi connectivity index (χ1n) is 9.04. The fourth-order valence-corrected chi connectivity index (χ4v) is 3.14. The number of urea groups is 1. The highest BCUT2D eigenvalue weighted by atomic mass is 16.5. The van der Waals surface area contributed by atoms with Gasteiger partial charge in [0.15, 0.2) is 0 Å². The highest BCUT2D eigenvalue weighted by Crippen LogP contribution is 2.25. The number of carbonyl (C=O) groups excluding carboxylic acids is 1. The molecule has 1 heterocycles. The summed E-state index contributed by atoms with van der Waals surface area (Å²) in [4.78, 5) is 18.4. The molecule has 2 amide bonds. The molecule has 1 aromatic carbocycles. The van der Waals surface area contributed by atoms with Crippen molar-refractivity contribution in [3.8, 4) is 5.75 Å². The number of nitrogens with zero attached hydrogens (tertiary/aromatic N) is 2. The third kappa shape index (κ3) is 4.88. The Bertz CT molecular complexity index is 725. The lowest BCUT2D eigenvalue weighted by molar-refractivity contribution is 0.210. The molecule has 0 saturated heterocycles. The standard InChI is InChI=1S/C20H26N4O2/c1-24(2)19-15(6-5-13-21-19)14-22-20(25)23-16-9-11-18(12-10-16)26-17-7-3-4-8-17/h5-6,9-13,17H,3-4,7-8,14H2,1-2H3,(H2,22,23,25). The molecule has 1 aliphatic rings. The minimum Gasteiger partial charge on any atom is -0.490 e. The summed E-state index contributed by atoms with van der Waals surface area (Å²) >= 11 is 0. The van der Waals surface area contributed by atoms with Crippen molar-refractivity contribution in [1.82, 2.24) is 10.3 Å². The topological polar surface area (TPSA) is 66.5 Å². The summed E-state index contributed by atoms with van der Waals surface area (Å²) in [5.41, 5.74) is 1.70. The van der Waals surface area contributed by atoms with Crippen LogP contribution in [0.15, 0.2) is 42.6 Å². The summed E-state index contributed by atoms with van der Waals surface area (Å²) in [5, 5.41) is 5.71. The van der Waals surface area contributed by atoms with Crippen LogP contribution >= 0.6 is 0 Å². The van der Waals surface area contributed by atoms with Gasteiger partial charge in [-0.3, -0.25) is 0 Å². The molecule has 26 heavy (non-hydrogen) atoms. The number of pyridine rings is 1.